The van der Waals surface area contributed by atoms with E-state index in [1.807, 2.05) is 0 Å². The lowest BCUT2D eigenvalue weighted by Crippen LogP contribution is -2.34. The summed E-state index contributed by atoms with van der Waals surface area (Å²) in [5.41, 5.74) is -2.12. The van der Waals surface area contributed by atoms with Gasteiger partial charge in [-0.15, -0.1) is 0 Å². The highest BCUT2D eigenvalue weighted by Gasteiger charge is 2.43. The Kier molecular flexibility index (Phi) is 6.80. The average Bonchev–Trinajstić information content (AvgIpc) is 2.54. The van der Waals surface area contributed by atoms with Gasteiger partial charge in [0.25, 0.3) is 0 Å². The normalized spacial score (nSPS) is 26.3. The molecule has 4 nitrogen and oxygen atoms in total. The van der Waals surface area contributed by atoms with Crippen molar-refractivity contribution >= 4 is 103 Å². The average molecular weight is 528 g/mol. The maximum absolute atomic E-state index is 13.2. The second-order valence-corrected chi connectivity index (χ2v) is 9.90. The number of likely N-dealkylation sites (N-methyl/N-ethyl adjacent to an activating group) is 2. The molecule has 0 radical (unpaired) electrons. The summed E-state index contributed by atoms with van der Waals surface area (Å²) in [6, 6.07) is 0. The van der Waals surface area contributed by atoms with Crippen LogP contribution in [0.15, 0.2) is 40.3 Å². The second-order valence-electron chi connectivity index (χ2n) is 4.96. The first-order chi connectivity index (χ1) is 11.4. The molecular formula is C12H8Cl8N2O2S. The molecule has 0 bridgehead atoms. The summed E-state index contributed by atoms with van der Waals surface area (Å²) in [4.78, 5) is 1.57. The van der Waals surface area contributed by atoms with E-state index in [0.717, 1.165) is 0 Å². The van der Waals surface area contributed by atoms with Gasteiger partial charge >= 0.3 is 0 Å². The largest absolute Gasteiger partial charge is 0.343 e. The van der Waals surface area contributed by atoms with Crippen LogP contribution >= 0.6 is 92.8 Å². The summed E-state index contributed by atoms with van der Waals surface area (Å²) in [5.74, 6) is 0. The van der Waals surface area contributed by atoms with Gasteiger partial charge in [0.2, 0.25) is 9.84 Å². The van der Waals surface area contributed by atoms with Gasteiger partial charge in [0.15, 0.2) is 0 Å². The summed E-state index contributed by atoms with van der Waals surface area (Å²) in [7, 11) is -1.45. The van der Waals surface area contributed by atoms with Crippen LogP contribution in [0.2, 0.25) is 0 Å². The predicted molar refractivity (Wildman–Crippen MR) is 107 cm³/mol. The van der Waals surface area contributed by atoms with Crippen LogP contribution < -0.4 is 0 Å². The van der Waals surface area contributed by atoms with E-state index >= 15 is 0 Å². The summed E-state index contributed by atoms with van der Waals surface area (Å²) < 4.78 is 26.4. The lowest BCUT2D eigenvalue weighted by Gasteiger charge is -2.33. The molecule has 25 heavy (non-hydrogen) atoms. The van der Waals surface area contributed by atoms with Crippen molar-refractivity contribution in [3.05, 3.63) is 40.3 Å². The van der Waals surface area contributed by atoms with E-state index in [0.29, 0.717) is 0 Å². The third-order valence-electron chi connectivity index (χ3n) is 3.45. The second kappa shape index (κ2) is 7.69. The van der Waals surface area contributed by atoms with Crippen molar-refractivity contribution in [1.82, 2.24) is 9.80 Å². The SMILES string of the molecule is CN1C(Cl)=C(Cl)C(S(=O)(=O)C2=C(Cl)C(Cl)N(C)C(Cl)=C2Cl)=C(Cl)C1Cl. The fourth-order valence-electron chi connectivity index (χ4n) is 2.06. The molecule has 13 heteroatoms. The van der Waals surface area contributed by atoms with Gasteiger partial charge < -0.3 is 9.80 Å². The first-order valence-electron chi connectivity index (χ1n) is 6.25. The number of sulfone groups is 1. The Hall–Kier alpha value is 0.830. The van der Waals surface area contributed by atoms with Crippen molar-refractivity contribution in [3.63, 3.8) is 0 Å². The maximum Gasteiger partial charge on any atom is 0.212 e. The first kappa shape index (κ1) is 22.1. The summed E-state index contributed by atoms with van der Waals surface area (Å²) in [5, 5.41) is -1.39. The van der Waals surface area contributed by atoms with Crippen LogP contribution in [0.1, 0.15) is 0 Å². The molecule has 0 amide bonds. The molecule has 2 unspecified atom stereocenters. The monoisotopic (exact) mass is 524 g/mol. The Morgan fingerprint density at radius 3 is 1.28 bits per heavy atom. The van der Waals surface area contributed by atoms with Gasteiger partial charge in [-0.05, 0) is 0 Å². The van der Waals surface area contributed by atoms with Gasteiger partial charge in [0, 0.05) is 14.1 Å². The number of hydrogen-bond donors (Lipinski definition) is 0. The van der Waals surface area contributed by atoms with Crippen molar-refractivity contribution in [2.24, 2.45) is 0 Å². The summed E-state index contributed by atoms with van der Waals surface area (Å²) in [6.45, 7) is 0. The quantitative estimate of drug-likeness (QED) is 0.345. The van der Waals surface area contributed by atoms with Crippen LogP contribution in [0.5, 0.6) is 0 Å². The molecule has 140 valence electrons. The van der Waals surface area contributed by atoms with Gasteiger partial charge in [-0.1, -0.05) is 92.8 Å². The minimum Gasteiger partial charge on any atom is -0.343 e. The van der Waals surface area contributed by atoms with Gasteiger partial charge in [-0.2, -0.15) is 0 Å². The highest BCUT2D eigenvalue weighted by Crippen LogP contribution is 2.48. The van der Waals surface area contributed by atoms with Crippen molar-refractivity contribution in [3.8, 4) is 0 Å². The zero-order valence-electron chi connectivity index (χ0n) is 12.3. The van der Waals surface area contributed by atoms with Crippen LogP contribution in [0.3, 0.4) is 0 Å². The Morgan fingerprint density at radius 1 is 0.720 bits per heavy atom. The molecule has 0 fully saturated rings. The minimum absolute atomic E-state index is 0.108. The molecule has 0 spiro atoms. The van der Waals surface area contributed by atoms with Crippen LogP contribution in [-0.4, -0.2) is 43.3 Å². The Labute approximate surface area is 185 Å². The fourth-order valence-corrected chi connectivity index (χ4v) is 7.07. The maximum atomic E-state index is 13.2. The predicted octanol–water partition coefficient (Wildman–Crippen LogP) is 5.62. The topological polar surface area (TPSA) is 40.6 Å². The third kappa shape index (κ3) is 3.50. The van der Waals surface area contributed by atoms with Crippen molar-refractivity contribution < 1.29 is 8.42 Å². The van der Waals surface area contributed by atoms with E-state index in [-0.39, 0.29) is 30.4 Å². The van der Waals surface area contributed by atoms with Crippen LogP contribution in [-0.2, 0) is 9.84 Å². The molecule has 2 heterocycles. The number of nitrogens with zero attached hydrogens (tertiary/aromatic N) is 2. The van der Waals surface area contributed by atoms with E-state index in [2.05, 4.69) is 0 Å². The molecule has 0 saturated carbocycles. The molecule has 2 aliphatic heterocycles. The lowest BCUT2D eigenvalue weighted by molar-refractivity contribution is 0.443. The standard InChI is InChI=1S/C12H8Cl8N2O2S/c1-21-9(17)3(13)7(4(14)10(21)18)25(23,24)8-5(15)11(19)22(2)12(20)6(8)16/h9,11H,1-2H3. The van der Waals surface area contributed by atoms with Gasteiger partial charge in [0.05, 0.1) is 20.1 Å². The third-order valence-corrected chi connectivity index (χ3v) is 9.70. The number of allylic oxidation sites excluding steroid dienone is 2. The first-order valence-corrected chi connectivity index (χ1v) is 10.9. The smallest absolute Gasteiger partial charge is 0.212 e. The van der Waals surface area contributed by atoms with Crippen molar-refractivity contribution in [2.45, 2.75) is 11.0 Å². The minimum atomic E-state index is -4.44. The highest BCUT2D eigenvalue weighted by molar-refractivity contribution is 7.99. The van der Waals surface area contributed by atoms with Crippen LogP contribution in [0.25, 0.3) is 0 Å². The van der Waals surface area contributed by atoms with Gasteiger partial charge in [0.1, 0.15) is 31.1 Å². The van der Waals surface area contributed by atoms with Crippen LogP contribution in [0, 0.1) is 0 Å². The number of alkyl halides is 2. The van der Waals surface area contributed by atoms with E-state index in [4.69, 9.17) is 92.8 Å². The van der Waals surface area contributed by atoms with Gasteiger partial charge in [-0.3, -0.25) is 0 Å². The lowest BCUT2D eigenvalue weighted by atomic mass is 10.3. The number of halogens is 8. The van der Waals surface area contributed by atoms with Gasteiger partial charge in [-0.25, -0.2) is 8.42 Å². The summed E-state index contributed by atoms with van der Waals surface area (Å²) >= 11 is 48.8. The molecule has 0 saturated heterocycles. The van der Waals surface area contributed by atoms with E-state index in [1.165, 1.54) is 23.9 Å². The molecule has 2 aliphatic rings. The Bertz CT molecular complexity index is 796. The Morgan fingerprint density at radius 2 is 1.00 bits per heavy atom. The summed E-state index contributed by atoms with van der Waals surface area (Å²) in [6.07, 6.45) is 0. The van der Waals surface area contributed by atoms with E-state index in [9.17, 15) is 8.42 Å². The number of rotatable bonds is 2. The van der Waals surface area contributed by atoms with E-state index in [1.54, 1.807) is 0 Å². The van der Waals surface area contributed by atoms with Crippen LogP contribution in [0.4, 0.5) is 0 Å². The highest BCUT2D eigenvalue weighted by atomic mass is 35.5. The molecule has 0 N–H and O–H groups in total. The molecule has 2 rings (SSSR count). The zero-order valence-corrected chi connectivity index (χ0v) is 19.2. The van der Waals surface area contributed by atoms with Crippen molar-refractivity contribution in [1.29, 1.82) is 0 Å². The molecule has 0 aliphatic carbocycles. The Balaban J connectivity index is 2.80. The molecule has 2 atom stereocenters. The van der Waals surface area contributed by atoms with E-state index < -0.39 is 30.6 Å². The molecular weight excluding hydrogens is 520 g/mol. The van der Waals surface area contributed by atoms with Crippen molar-refractivity contribution in [2.75, 3.05) is 14.1 Å². The molecule has 0 aromatic rings. The zero-order chi connectivity index (χ0) is 19.4. The molecule has 0 aromatic carbocycles. The number of hydrogen-bond acceptors (Lipinski definition) is 4. The molecule has 0 aromatic heterocycles. The fraction of sp³-hybridized carbons (Fsp3) is 0.333.